The number of benzene rings is 2. The van der Waals surface area contributed by atoms with Crippen LogP contribution in [0.4, 0.5) is 10.1 Å². The summed E-state index contributed by atoms with van der Waals surface area (Å²) in [5.41, 5.74) is 1.15. The van der Waals surface area contributed by atoms with Crippen molar-refractivity contribution in [3.05, 3.63) is 53.8 Å². The van der Waals surface area contributed by atoms with Crippen LogP contribution in [0, 0.1) is 5.82 Å². The van der Waals surface area contributed by atoms with Crippen LogP contribution in [-0.2, 0) is 21.2 Å². The SMILES string of the molecule is COc1ccc(S(=O)(=O)N2CCCC2)cc1NC(=O)CCc1ccc(F)cc1. The third-order valence-electron chi connectivity index (χ3n) is 4.70. The lowest BCUT2D eigenvalue weighted by Crippen LogP contribution is -2.28. The number of aryl methyl sites for hydroxylation is 1. The van der Waals surface area contributed by atoms with Crippen LogP contribution in [0.2, 0.25) is 0 Å². The molecule has 1 heterocycles. The van der Waals surface area contributed by atoms with E-state index in [1.165, 1.54) is 35.7 Å². The van der Waals surface area contributed by atoms with Gasteiger partial charge in [-0.05, 0) is 55.2 Å². The third kappa shape index (κ3) is 4.69. The summed E-state index contributed by atoms with van der Waals surface area (Å²) in [6.07, 6.45) is 2.32. The van der Waals surface area contributed by atoms with Gasteiger partial charge in [0.1, 0.15) is 11.6 Å². The second kappa shape index (κ2) is 8.70. The van der Waals surface area contributed by atoms with Gasteiger partial charge in [0.25, 0.3) is 0 Å². The number of rotatable bonds is 7. The van der Waals surface area contributed by atoms with Crippen LogP contribution in [0.3, 0.4) is 0 Å². The van der Waals surface area contributed by atoms with Crippen LogP contribution in [0.1, 0.15) is 24.8 Å². The van der Waals surface area contributed by atoms with Gasteiger partial charge in [-0.2, -0.15) is 4.31 Å². The second-order valence-electron chi connectivity index (χ2n) is 6.65. The molecule has 1 saturated heterocycles. The molecule has 6 nitrogen and oxygen atoms in total. The van der Waals surface area contributed by atoms with E-state index in [0.717, 1.165) is 18.4 Å². The Bertz CT molecular complexity index is 939. The van der Waals surface area contributed by atoms with Gasteiger partial charge in [-0.25, -0.2) is 12.8 Å². The van der Waals surface area contributed by atoms with Crippen molar-refractivity contribution in [1.82, 2.24) is 4.31 Å². The van der Waals surface area contributed by atoms with Gasteiger partial charge in [-0.3, -0.25) is 4.79 Å². The third-order valence-corrected chi connectivity index (χ3v) is 6.60. The molecule has 0 aliphatic carbocycles. The van der Waals surface area contributed by atoms with E-state index in [-0.39, 0.29) is 23.0 Å². The first-order valence-corrected chi connectivity index (χ1v) is 10.6. The molecule has 1 amide bonds. The summed E-state index contributed by atoms with van der Waals surface area (Å²) in [5.74, 6) is -0.220. The Kier molecular flexibility index (Phi) is 6.31. The number of anilines is 1. The number of methoxy groups -OCH3 is 1. The van der Waals surface area contributed by atoms with Gasteiger partial charge in [-0.15, -0.1) is 0 Å². The Balaban J connectivity index is 1.72. The molecule has 0 atom stereocenters. The lowest BCUT2D eigenvalue weighted by molar-refractivity contribution is -0.116. The van der Waals surface area contributed by atoms with Gasteiger partial charge in [0.05, 0.1) is 17.7 Å². The number of carbonyl (C=O) groups excluding carboxylic acids is 1. The Morgan fingerprint density at radius 1 is 1.14 bits per heavy atom. The first-order chi connectivity index (χ1) is 13.4. The minimum Gasteiger partial charge on any atom is -0.495 e. The molecule has 1 fully saturated rings. The van der Waals surface area contributed by atoms with Crippen LogP contribution < -0.4 is 10.1 Å². The molecular formula is C20H23FN2O4S. The van der Waals surface area contributed by atoms with Gasteiger partial charge in [0, 0.05) is 19.5 Å². The van der Waals surface area contributed by atoms with E-state index in [4.69, 9.17) is 4.74 Å². The van der Waals surface area contributed by atoms with E-state index in [1.807, 2.05) is 0 Å². The van der Waals surface area contributed by atoms with Crippen molar-refractivity contribution >= 4 is 21.6 Å². The van der Waals surface area contributed by atoms with Gasteiger partial charge >= 0.3 is 0 Å². The standard InChI is InChI=1S/C20H23FN2O4S/c1-27-19-10-9-17(28(25,26)23-12-2-3-13-23)14-18(19)22-20(24)11-6-15-4-7-16(21)8-5-15/h4-5,7-10,14H,2-3,6,11-13H2,1H3,(H,22,24). The van der Waals surface area contributed by atoms with Crippen LogP contribution in [0.15, 0.2) is 47.4 Å². The van der Waals surface area contributed by atoms with Gasteiger partial charge in [-0.1, -0.05) is 12.1 Å². The second-order valence-corrected chi connectivity index (χ2v) is 8.59. The maximum Gasteiger partial charge on any atom is 0.243 e. The van der Waals surface area contributed by atoms with Crippen molar-refractivity contribution in [2.45, 2.75) is 30.6 Å². The fourth-order valence-electron chi connectivity index (χ4n) is 3.14. The highest BCUT2D eigenvalue weighted by Crippen LogP contribution is 2.30. The molecule has 1 aliphatic heterocycles. The number of nitrogens with one attached hydrogen (secondary N) is 1. The number of hydrogen-bond donors (Lipinski definition) is 1. The van der Waals surface area contributed by atoms with E-state index < -0.39 is 10.0 Å². The molecule has 0 radical (unpaired) electrons. The molecule has 150 valence electrons. The first-order valence-electron chi connectivity index (χ1n) is 9.12. The van der Waals surface area contributed by atoms with Crippen LogP contribution >= 0.6 is 0 Å². The van der Waals surface area contributed by atoms with E-state index in [0.29, 0.717) is 30.9 Å². The summed E-state index contributed by atoms with van der Waals surface area (Å²) in [6, 6.07) is 10.4. The first kappa shape index (κ1) is 20.3. The monoisotopic (exact) mass is 406 g/mol. The maximum atomic E-state index is 13.0. The Hall–Kier alpha value is -2.45. The Morgan fingerprint density at radius 2 is 1.82 bits per heavy atom. The zero-order valence-corrected chi connectivity index (χ0v) is 16.5. The molecule has 28 heavy (non-hydrogen) atoms. The number of amides is 1. The quantitative estimate of drug-likeness (QED) is 0.766. The lowest BCUT2D eigenvalue weighted by Gasteiger charge is -2.17. The maximum absolute atomic E-state index is 13.0. The number of ether oxygens (including phenoxy) is 1. The van der Waals surface area contributed by atoms with E-state index in [2.05, 4.69) is 5.32 Å². The average molecular weight is 406 g/mol. The highest BCUT2D eigenvalue weighted by Gasteiger charge is 2.28. The fourth-order valence-corrected chi connectivity index (χ4v) is 4.69. The molecule has 1 N–H and O–H groups in total. The molecule has 0 unspecified atom stereocenters. The zero-order chi connectivity index (χ0) is 20.1. The number of halogens is 1. The minimum atomic E-state index is -3.59. The fraction of sp³-hybridized carbons (Fsp3) is 0.350. The van der Waals surface area contributed by atoms with Gasteiger partial charge in [0.2, 0.25) is 15.9 Å². The van der Waals surface area contributed by atoms with Crippen LogP contribution in [0.5, 0.6) is 5.75 Å². The summed E-state index contributed by atoms with van der Waals surface area (Å²) in [7, 11) is -2.13. The molecule has 0 aromatic heterocycles. The normalized spacial score (nSPS) is 14.8. The van der Waals surface area contributed by atoms with Crippen LogP contribution in [-0.4, -0.2) is 38.8 Å². The van der Waals surface area contributed by atoms with Crippen molar-refractivity contribution in [2.75, 3.05) is 25.5 Å². The van der Waals surface area contributed by atoms with Crippen molar-refractivity contribution in [1.29, 1.82) is 0 Å². The molecule has 0 saturated carbocycles. The summed E-state index contributed by atoms with van der Waals surface area (Å²) in [5, 5.41) is 2.73. The Labute approximate surface area is 164 Å². The van der Waals surface area contributed by atoms with E-state index in [1.54, 1.807) is 18.2 Å². The molecular weight excluding hydrogens is 383 g/mol. The molecule has 0 bridgehead atoms. The highest BCUT2D eigenvalue weighted by molar-refractivity contribution is 7.89. The Morgan fingerprint density at radius 3 is 2.46 bits per heavy atom. The summed E-state index contributed by atoms with van der Waals surface area (Å²) < 4.78 is 45.2. The van der Waals surface area contributed by atoms with Gasteiger partial charge in [0.15, 0.2) is 0 Å². The molecule has 2 aromatic rings. The lowest BCUT2D eigenvalue weighted by atomic mass is 10.1. The van der Waals surface area contributed by atoms with Crippen molar-refractivity contribution in [2.24, 2.45) is 0 Å². The average Bonchev–Trinajstić information content (AvgIpc) is 3.23. The van der Waals surface area contributed by atoms with Gasteiger partial charge < -0.3 is 10.1 Å². The highest BCUT2D eigenvalue weighted by atomic mass is 32.2. The summed E-state index contributed by atoms with van der Waals surface area (Å²) >= 11 is 0. The molecule has 3 rings (SSSR count). The van der Waals surface area contributed by atoms with E-state index >= 15 is 0 Å². The number of carbonyl (C=O) groups is 1. The largest absolute Gasteiger partial charge is 0.495 e. The van der Waals surface area contributed by atoms with E-state index in [9.17, 15) is 17.6 Å². The smallest absolute Gasteiger partial charge is 0.243 e. The molecule has 8 heteroatoms. The topological polar surface area (TPSA) is 75.7 Å². The molecule has 2 aromatic carbocycles. The van der Waals surface area contributed by atoms with Crippen LogP contribution in [0.25, 0.3) is 0 Å². The number of sulfonamides is 1. The molecule has 1 aliphatic rings. The summed E-state index contributed by atoms with van der Waals surface area (Å²) in [4.78, 5) is 12.5. The summed E-state index contributed by atoms with van der Waals surface area (Å²) in [6.45, 7) is 1.02. The minimum absolute atomic E-state index is 0.129. The zero-order valence-electron chi connectivity index (χ0n) is 15.7. The number of nitrogens with zero attached hydrogens (tertiary/aromatic N) is 1. The number of hydrogen-bond acceptors (Lipinski definition) is 4. The van der Waals surface area contributed by atoms with Crippen molar-refractivity contribution in [3.63, 3.8) is 0 Å². The van der Waals surface area contributed by atoms with Crippen molar-refractivity contribution < 1.29 is 22.3 Å². The molecule has 0 spiro atoms. The predicted molar refractivity (Wildman–Crippen MR) is 104 cm³/mol. The van der Waals surface area contributed by atoms with Crippen molar-refractivity contribution in [3.8, 4) is 5.75 Å². The predicted octanol–water partition coefficient (Wildman–Crippen LogP) is 3.19.